The zero-order valence-electron chi connectivity index (χ0n) is 9.42. The Morgan fingerprint density at radius 3 is 2.71 bits per heavy atom. The van der Waals surface area contributed by atoms with Crippen molar-refractivity contribution in [3.63, 3.8) is 0 Å². The maximum Gasteiger partial charge on any atom is 0.0712 e. The van der Waals surface area contributed by atoms with E-state index in [-0.39, 0.29) is 6.04 Å². The first-order valence-electron chi connectivity index (χ1n) is 5.47. The summed E-state index contributed by atoms with van der Waals surface area (Å²) in [6.07, 6.45) is 8.00. The second-order valence-corrected chi connectivity index (χ2v) is 4.46. The zero-order chi connectivity index (χ0) is 10.6. The van der Waals surface area contributed by atoms with Crippen molar-refractivity contribution in [3.05, 3.63) is 0 Å². The van der Waals surface area contributed by atoms with Gasteiger partial charge in [0.05, 0.1) is 12.1 Å². The summed E-state index contributed by atoms with van der Waals surface area (Å²) < 4.78 is 5.49. The number of hydrogen-bond donors (Lipinski definition) is 1. The fourth-order valence-electron chi connectivity index (χ4n) is 1.84. The number of ether oxygens (including phenoxy) is 1. The van der Waals surface area contributed by atoms with Crippen LogP contribution in [0.25, 0.3) is 0 Å². The monoisotopic (exact) mass is 195 g/mol. The van der Waals surface area contributed by atoms with Crippen LogP contribution in [0.3, 0.4) is 0 Å². The van der Waals surface area contributed by atoms with Gasteiger partial charge in [-0.05, 0) is 25.7 Å². The molecule has 14 heavy (non-hydrogen) atoms. The molecule has 0 bridgehead atoms. The van der Waals surface area contributed by atoms with Crippen LogP contribution in [0.15, 0.2) is 0 Å². The van der Waals surface area contributed by atoms with Crippen LogP contribution in [0.1, 0.15) is 33.6 Å². The standard InChI is InChI=1S/C12H21NO/c1-5-12(9(2)3)13-11-6-7-14-10(4)8-11/h1,9-13H,6-8H2,2-4H3. The van der Waals surface area contributed by atoms with Crippen LogP contribution in [0.4, 0.5) is 0 Å². The second-order valence-electron chi connectivity index (χ2n) is 4.46. The van der Waals surface area contributed by atoms with E-state index in [0.717, 1.165) is 19.4 Å². The van der Waals surface area contributed by atoms with Crippen molar-refractivity contribution in [1.29, 1.82) is 0 Å². The SMILES string of the molecule is C#CC(NC1CCOC(C)C1)C(C)C. The van der Waals surface area contributed by atoms with Gasteiger partial charge in [0.25, 0.3) is 0 Å². The van der Waals surface area contributed by atoms with Gasteiger partial charge in [-0.1, -0.05) is 19.8 Å². The highest BCUT2D eigenvalue weighted by molar-refractivity contribution is 5.01. The van der Waals surface area contributed by atoms with Gasteiger partial charge < -0.3 is 10.1 Å². The molecule has 3 atom stereocenters. The predicted octanol–water partition coefficient (Wildman–Crippen LogP) is 1.80. The number of rotatable bonds is 3. The number of nitrogens with one attached hydrogen (secondary N) is 1. The molecule has 1 aliphatic rings. The van der Waals surface area contributed by atoms with Crippen LogP contribution < -0.4 is 5.32 Å². The second kappa shape index (κ2) is 5.38. The molecule has 0 spiro atoms. The Hall–Kier alpha value is -0.520. The van der Waals surface area contributed by atoms with E-state index in [9.17, 15) is 0 Å². The molecule has 1 aliphatic heterocycles. The van der Waals surface area contributed by atoms with Gasteiger partial charge in [0, 0.05) is 12.6 Å². The first-order chi connectivity index (χ1) is 6.63. The molecule has 0 aromatic carbocycles. The smallest absolute Gasteiger partial charge is 0.0712 e. The molecule has 1 N–H and O–H groups in total. The van der Waals surface area contributed by atoms with Crippen molar-refractivity contribution in [2.45, 2.75) is 51.8 Å². The average molecular weight is 195 g/mol. The topological polar surface area (TPSA) is 21.3 Å². The lowest BCUT2D eigenvalue weighted by Crippen LogP contribution is -2.45. The van der Waals surface area contributed by atoms with Gasteiger partial charge in [0.2, 0.25) is 0 Å². The summed E-state index contributed by atoms with van der Waals surface area (Å²) in [5.74, 6) is 3.31. The Bertz CT molecular complexity index is 207. The largest absolute Gasteiger partial charge is 0.378 e. The Kier molecular flexibility index (Phi) is 4.44. The molecule has 1 rings (SSSR count). The minimum absolute atomic E-state index is 0.199. The van der Waals surface area contributed by atoms with Gasteiger partial charge in [-0.15, -0.1) is 6.42 Å². The van der Waals surface area contributed by atoms with Crippen molar-refractivity contribution in [2.24, 2.45) is 5.92 Å². The highest BCUT2D eigenvalue weighted by Gasteiger charge is 2.22. The summed E-state index contributed by atoms with van der Waals surface area (Å²) in [5.41, 5.74) is 0. The summed E-state index contributed by atoms with van der Waals surface area (Å²) in [4.78, 5) is 0. The zero-order valence-corrected chi connectivity index (χ0v) is 9.42. The quantitative estimate of drug-likeness (QED) is 0.693. The Labute approximate surface area is 87.4 Å². The van der Waals surface area contributed by atoms with E-state index >= 15 is 0 Å². The molecule has 3 unspecified atom stereocenters. The Morgan fingerprint density at radius 2 is 2.21 bits per heavy atom. The molecule has 1 heterocycles. The lowest BCUT2D eigenvalue weighted by Gasteiger charge is -2.31. The summed E-state index contributed by atoms with van der Waals surface area (Å²) in [6.45, 7) is 7.28. The van der Waals surface area contributed by atoms with Crippen molar-refractivity contribution in [1.82, 2.24) is 5.32 Å². The molecule has 80 valence electrons. The molecule has 0 radical (unpaired) electrons. The van der Waals surface area contributed by atoms with Crippen LogP contribution in [0.5, 0.6) is 0 Å². The van der Waals surface area contributed by atoms with E-state index in [1.165, 1.54) is 0 Å². The molecule has 0 aromatic heterocycles. The minimum Gasteiger partial charge on any atom is -0.378 e. The minimum atomic E-state index is 0.199. The van der Waals surface area contributed by atoms with Crippen LogP contribution >= 0.6 is 0 Å². The maximum absolute atomic E-state index is 5.49. The van der Waals surface area contributed by atoms with Gasteiger partial charge in [0.15, 0.2) is 0 Å². The molecule has 0 amide bonds. The lowest BCUT2D eigenvalue weighted by atomic mass is 9.99. The normalized spacial score (nSPS) is 29.9. The molecule has 1 saturated heterocycles. The number of hydrogen-bond acceptors (Lipinski definition) is 2. The fraction of sp³-hybridized carbons (Fsp3) is 0.833. The van der Waals surface area contributed by atoms with E-state index < -0.39 is 0 Å². The molecule has 1 fully saturated rings. The molecule has 2 heteroatoms. The predicted molar refractivity (Wildman–Crippen MR) is 59.0 cm³/mol. The third-order valence-corrected chi connectivity index (χ3v) is 2.75. The first-order valence-corrected chi connectivity index (χ1v) is 5.47. The van der Waals surface area contributed by atoms with Crippen molar-refractivity contribution in [2.75, 3.05) is 6.61 Å². The van der Waals surface area contributed by atoms with Gasteiger partial charge in [-0.3, -0.25) is 0 Å². The molecule has 0 aliphatic carbocycles. The van der Waals surface area contributed by atoms with E-state index in [1.54, 1.807) is 0 Å². The third kappa shape index (κ3) is 3.32. The Balaban J connectivity index is 2.38. The molecular formula is C12H21NO. The van der Waals surface area contributed by atoms with E-state index in [2.05, 4.69) is 32.0 Å². The molecule has 2 nitrogen and oxygen atoms in total. The van der Waals surface area contributed by atoms with Crippen LogP contribution in [0.2, 0.25) is 0 Å². The lowest BCUT2D eigenvalue weighted by molar-refractivity contribution is 0.0115. The first kappa shape index (κ1) is 11.6. The Morgan fingerprint density at radius 1 is 1.50 bits per heavy atom. The summed E-state index contributed by atoms with van der Waals surface area (Å²) >= 11 is 0. The van der Waals surface area contributed by atoms with Gasteiger partial charge >= 0.3 is 0 Å². The van der Waals surface area contributed by atoms with E-state index in [1.807, 2.05) is 0 Å². The van der Waals surface area contributed by atoms with Crippen molar-refractivity contribution < 1.29 is 4.74 Å². The van der Waals surface area contributed by atoms with Crippen LogP contribution in [0, 0.1) is 18.3 Å². The third-order valence-electron chi connectivity index (χ3n) is 2.75. The van der Waals surface area contributed by atoms with Gasteiger partial charge in [-0.2, -0.15) is 0 Å². The summed E-state index contributed by atoms with van der Waals surface area (Å²) in [5, 5.41) is 3.52. The highest BCUT2D eigenvalue weighted by Crippen LogP contribution is 2.15. The van der Waals surface area contributed by atoms with Crippen molar-refractivity contribution in [3.8, 4) is 12.3 Å². The average Bonchev–Trinajstić information content (AvgIpc) is 2.14. The van der Waals surface area contributed by atoms with E-state index in [0.29, 0.717) is 18.1 Å². The molecule has 0 aromatic rings. The molecular weight excluding hydrogens is 174 g/mol. The van der Waals surface area contributed by atoms with Crippen molar-refractivity contribution >= 4 is 0 Å². The van der Waals surface area contributed by atoms with Gasteiger partial charge in [-0.25, -0.2) is 0 Å². The van der Waals surface area contributed by atoms with E-state index in [4.69, 9.17) is 11.2 Å². The van der Waals surface area contributed by atoms with Crippen LogP contribution in [-0.2, 0) is 4.74 Å². The highest BCUT2D eigenvalue weighted by atomic mass is 16.5. The van der Waals surface area contributed by atoms with Crippen LogP contribution in [-0.4, -0.2) is 24.8 Å². The number of terminal acetylenes is 1. The fourth-order valence-corrected chi connectivity index (χ4v) is 1.84. The molecule has 0 saturated carbocycles. The maximum atomic E-state index is 5.49. The summed E-state index contributed by atoms with van der Waals surface area (Å²) in [6, 6.07) is 0.729. The summed E-state index contributed by atoms with van der Waals surface area (Å²) in [7, 11) is 0. The van der Waals surface area contributed by atoms with Gasteiger partial charge in [0.1, 0.15) is 0 Å².